The van der Waals surface area contributed by atoms with Crippen LogP contribution < -0.4 is 5.32 Å². The maximum atomic E-state index is 12.8. The van der Waals surface area contributed by atoms with Crippen molar-refractivity contribution in [2.24, 2.45) is 0 Å². The summed E-state index contributed by atoms with van der Waals surface area (Å²) in [5, 5.41) is 3.01. The molecule has 0 atom stereocenters. The molecule has 1 N–H and O–H groups in total. The first-order valence-electron chi connectivity index (χ1n) is 11.3. The molecule has 5 nitrogen and oxygen atoms in total. The summed E-state index contributed by atoms with van der Waals surface area (Å²) in [5.74, 6) is -0.0743. The summed E-state index contributed by atoms with van der Waals surface area (Å²) >= 11 is 0. The van der Waals surface area contributed by atoms with Gasteiger partial charge in [0.15, 0.2) is 0 Å². The fraction of sp³-hybridized carbons (Fsp3) is 0.138. The summed E-state index contributed by atoms with van der Waals surface area (Å²) in [4.78, 5) is 23.7. The Labute approximate surface area is 200 Å². The van der Waals surface area contributed by atoms with Gasteiger partial charge in [0, 0.05) is 31.2 Å². The molecule has 0 aliphatic heterocycles. The van der Waals surface area contributed by atoms with Crippen molar-refractivity contribution in [2.75, 3.05) is 11.9 Å². The Kier molecular flexibility index (Phi) is 7.93. The summed E-state index contributed by atoms with van der Waals surface area (Å²) in [5.41, 5.74) is 6.07. The number of pyridine rings is 2. The molecule has 2 heterocycles. The van der Waals surface area contributed by atoms with Crippen LogP contribution in [0.5, 0.6) is 0 Å². The summed E-state index contributed by atoms with van der Waals surface area (Å²) in [6.45, 7) is 3.44. The smallest absolute Gasteiger partial charge is 0.238 e. The minimum atomic E-state index is -0.0743. The predicted molar refractivity (Wildman–Crippen MR) is 138 cm³/mol. The highest BCUT2D eigenvalue weighted by molar-refractivity contribution is 5.92. The Morgan fingerprint density at radius 1 is 0.765 bits per heavy atom. The quantitative estimate of drug-likeness (QED) is 0.339. The van der Waals surface area contributed by atoms with Crippen molar-refractivity contribution in [2.45, 2.75) is 20.0 Å². The van der Waals surface area contributed by atoms with Gasteiger partial charge in [0.2, 0.25) is 5.91 Å². The molecule has 0 spiro atoms. The SMILES string of the molecule is Cc1ccc(/C=C/c2ccc(NC(=O)CN(Cc3ccccn3)Cc3ccccn3)cc2)cc1. The average Bonchev–Trinajstić information content (AvgIpc) is 2.86. The van der Waals surface area contributed by atoms with Crippen LogP contribution in [-0.4, -0.2) is 27.3 Å². The Morgan fingerprint density at radius 2 is 1.29 bits per heavy atom. The number of nitrogens with zero attached hydrogens (tertiary/aromatic N) is 3. The molecule has 0 saturated heterocycles. The number of amides is 1. The fourth-order valence-electron chi connectivity index (χ4n) is 3.56. The number of carbonyl (C=O) groups is 1. The van der Waals surface area contributed by atoms with Gasteiger partial charge >= 0.3 is 0 Å². The largest absolute Gasteiger partial charge is 0.325 e. The van der Waals surface area contributed by atoms with E-state index in [4.69, 9.17) is 0 Å². The average molecular weight is 449 g/mol. The molecule has 4 aromatic rings. The van der Waals surface area contributed by atoms with Crippen molar-refractivity contribution in [1.82, 2.24) is 14.9 Å². The topological polar surface area (TPSA) is 58.1 Å². The number of hydrogen-bond donors (Lipinski definition) is 1. The van der Waals surface area contributed by atoms with E-state index < -0.39 is 0 Å². The maximum Gasteiger partial charge on any atom is 0.238 e. The van der Waals surface area contributed by atoms with Gasteiger partial charge in [-0.2, -0.15) is 0 Å². The second kappa shape index (κ2) is 11.7. The molecule has 0 unspecified atom stereocenters. The second-order valence-corrected chi connectivity index (χ2v) is 8.20. The standard InChI is InChI=1S/C29H28N4O/c1-23-8-10-24(11-9-23)12-13-25-14-16-26(17-15-25)32-29(34)22-33(20-27-6-2-4-18-30-27)21-28-7-3-5-19-31-28/h2-19H,20-22H2,1H3,(H,32,34)/b13-12+. The molecular weight excluding hydrogens is 420 g/mol. The molecule has 0 fully saturated rings. The maximum absolute atomic E-state index is 12.8. The van der Waals surface area contributed by atoms with Crippen LogP contribution in [0.2, 0.25) is 0 Å². The van der Waals surface area contributed by atoms with Gasteiger partial charge in [0.1, 0.15) is 0 Å². The van der Waals surface area contributed by atoms with Crippen LogP contribution >= 0.6 is 0 Å². The summed E-state index contributed by atoms with van der Waals surface area (Å²) in [7, 11) is 0. The highest BCUT2D eigenvalue weighted by Crippen LogP contribution is 2.14. The molecule has 1 amide bonds. The lowest BCUT2D eigenvalue weighted by atomic mass is 10.1. The van der Waals surface area contributed by atoms with Crippen molar-refractivity contribution >= 4 is 23.7 Å². The van der Waals surface area contributed by atoms with Crippen molar-refractivity contribution in [3.8, 4) is 0 Å². The van der Waals surface area contributed by atoms with Crippen LogP contribution in [0.15, 0.2) is 97.3 Å². The van der Waals surface area contributed by atoms with Gasteiger partial charge in [-0.25, -0.2) is 0 Å². The van der Waals surface area contributed by atoms with Crippen LogP contribution in [-0.2, 0) is 17.9 Å². The van der Waals surface area contributed by atoms with E-state index in [2.05, 4.69) is 58.6 Å². The van der Waals surface area contributed by atoms with Crippen molar-refractivity contribution < 1.29 is 4.79 Å². The number of hydrogen-bond acceptors (Lipinski definition) is 4. The highest BCUT2D eigenvalue weighted by atomic mass is 16.2. The number of benzene rings is 2. The first-order chi connectivity index (χ1) is 16.6. The van der Waals surface area contributed by atoms with E-state index in [-0.39, 0.29) is 12.5 Å². The molecule has 2 aromatic carbocycles. The Bertz CT molecular complexity index is 1160. The van der Waals surface area contributed by atoms with E-state index >= 15 is 0 Å². The van der Waals surface area contributed by atoms with Gasteiger partial charge in [-0.05, 0) is 54.4 Å². The number of aryl methyl sites for hydroxylation is 1. The van der Waals surface area contributed by atoms with Gasteiger partial charge < -0.3 is 5.32 Å². The van der Waals surface area contributed by atoms with E-state index in [0.717, 1.165) is 28.2 Å². The van der Waals surface area contributed by atoms with Crippen molar-refractivity contribution in [3.63, 3.8) is 0 Å². The normalized spacial score (nSPS) is 11.1. The predicted octanol–water partition coefficient (Wildman–Crippen LogP) is 5.60. The highest BCUT2D eigenvalue weighted by Gasteiger charge is 2.13. The van der Waals surface area contributed by atoms with Crippen molar-refractivity contribution in [3.05, 3.63) is 125 Å². The van der Waals surface area contributed by atoms with Crippen molar-refractivity contribution in [1.29, 1.82) is 0 Å². The van der Waals surface area contributed by atoms with E-state index in [1.165, 1.54) is 5.56 Å². The monoisotopic (exact) mass is 448 g/mol. The summed E-state index contributed by atoms with van der Waals surface area (Å²) in [6.07, 6.45) is 7.68. The van der Waals surface area contributed by atoms with Gasteiger partial charge in [-0.1, -0.05) is 66.2 Å². The molecule has 4 rings (SSSR count). The minimum absolute atomic E-state index is 0.0743. The lowest BCUT2D eigenvalue weighted by Crippen LogP contribution is -2.33. The summed E-state index contributed by atoms with van der Waals surface area (Å²) < 4.78 is 0. The van der Waals surface area contributed by atoms with Crippen LogP contribution in [0.25, 0.3) is 12.2 Å². The molecule has 34 heavy (non-hydrogen) atoms. The number of carbonyl (C=O) groups excluding carboxylic acids is 1. The van der Waals surface area contributed by atoms with E-state index in [1.54, 1.807) is 12.4 Å². The molecule has 0 aliphatic carbocycles. The van der Waals surface area contributed by atoms with E-state index in [9.17, 15) is 4.79 Å². The Morgan fingerprint density at radius 3 is 1.79 bits per heavy atom. The molecule has 0 aliphatic rings. The first-order valence-corrected chi connectivity index (χ1v) is 11.3. The Balaban J connectivity index is 1.37. The summed E-state index contributed by atoms with van der Waals surface area (Å²) in [6, 6.07) is 27.9. The van der Waals surface area contributed by atoms with Gasteiger partial charge in [-0.3, -0.25) is 19.7 Å². The fourth-order valence-corrected chi connectivity index (χ4v) is 3.56. The molecule has 0 radical (unpaired) electrons. The lowest BCUT2D eigenvalue weighted by molar-refractivity contribution is -0.117. The van der Waals surface area contributed by atoms with Gasteiger partial charge in [-0.15, -0.1) is 0 Å². The molecule has 5 heteroatoms. The van der Waals surface area contributed by atoms with Crippen LogP contribution in [0, 0.1) is 6.92 Å². The number of nitrogens with one attached hydrogen (secondary N) is 1. The zero-order valence-corrected chi connectivity index (χ0v) is 19.3. The lowest BCUT2D eigenvalue weighted by Gasteiger charge is -2.21. The van der Waals surface area contributed by atoms with Crippen LogP contribution in [0.4, 0.5) is 5.69 Å². The van der Waals surface area contributed by atoms with E-state index in [0.29, 0.717) is 13.1 Å². The number of rotatable bonds is 9. The molecule has 0 bridgehead atoms. The zero-order chi connectivity index (χ0) is 23.6. The number of anilines is 1. The van der Waals surface area contributed by atoms with Crippen LogP contribution in [0.3, 0.4) is 0 Å². The zero-order valence-electron chi connectivity index (χ0n) is 19.3. The van der Waals surface area contributed by atoms with Crippen LogP contribution in [0.1, 0.15) is 28.1 Å². The minimum Gasteiger partial charge on any atom is -0.325 e. The van der Waals surface area contributed by atoms with E-state index in [1.807, 2.05) is 65.6 Å². The molecule has 2 aromatic heterocycles. The molecule has 0 saturated carbocycles. The third-order valence-corrected chi connectivity index (χ3v) is 5.33. The third kappa shape index (κ3) is 7.22. The Hall–Kier alpha value is -4.09. The molecule has 170 valence electrons. The third-order valence-electron chi connectivity index (χ3n) is 5.33. The second-order valence-electron chi connectivity index (χ2n) is 8.20. The first kappa shape index (κ1) is 23.1. The number of aromatic nitrogens is 2. The van der Waals surface area contributed by atoms with Gasteiger partial charge in [0.25, 0.3) is 0 Å². The molecular formula is C29H28N4O. The van der Waals surface area contributed by atoms with Gasteiger partial charge in [0.05, 0.1) is 17.9 Å².